The minimum Gasteiger partial charge on any atom is -0.322 e. The molecule has 3 aromatic rings. The molecule has 3 amide bonds. The van der Waals surface area contributed by atoms with Crippen LogP contribution in [0.15, 0.2) is 65.6 Å². The van der Waals surface area contributed by atoms with E-state index >= 15 is 0 Å². The third-order valence-electron chi connectivity index (χ3n) is 5.60. The second-order valence-corrected chi connectivity index (χ2v) is 10.0. The third kappa shape index (κ3) is 4.99. The number of carbonyl (C=O) groups is 3. The number of halogens is 2. The van der Waals surface area contributed by atoms with Gasteiger partial charge in [-0.3, -0.25) is 14.4 Å². The van der Waals surface area contributed by atoms with Gasteiger partial charge < -0.3 is 5.32 Å². The maximum Gasteiger partial charge on any atom is 0.257 e. The Balaban J connectivity index is 1.45. The second-order valence-electron chi connectivity index (χ2n) is 7.92. The molecule has 8 heteroatoms. The minimum absolute atomic E-state index is 0.147. The number of rotatable bonds is 6. The predicted molar refractivity (Wildman–Crippen MR) is 138 cm³/mol. The first kappa shape index (κ1) is 24.3. The molecule has 1 fully saturated rings. The Morgan fingerprint density at radius 3 is 2.50 bits per heavy atom. The molecule has 5 nitrogen and oxygen atoms in total. The highest BCUT2D eigenvalue weighted by Crippen LogP contribution is 2.37. The topological polar surface area (TPSA) is 66.5 Å². The van der Waals surface area contributed by atoms with E-state index in [0.29, 0.717) is 22.0 Å². The molecule has 0 aromatic heterocycles. The average Bonchev–Trinajstić information content (AvgIpc) is 3.07. The number of carbonyl (C=O) groups excluding carboxylic acids is 3. The second kappa shape index (κ2) is 10.2. The molecule has 34 heavy (non-hydrogen) atoms. The summed E-state index contributed by atoms with van der Waals surface area (Å²) in [6.07, 6.45) is 0.884. The van der Waals surface area contributed by atoms with E-state index in [1.54, 1.807) is 24.3 Å². The third-order valence-corrected chi connectivity index (χ3v) is 7.34. The largest absolute Gasteiger partial charge is 0.322 e. The van der Waals surface area contributed by atoms with Crippen LogP contribution in [0.5, 0.6) is 0 Å². The van der Waals surface area contributed by atoms with Crippen LogP contribution in [0.1, 0.15) is 34.8 Å². The van der Waals surface area contributed by atoms with E-state index in [1.807, 2.05) is 44.2 Å². The smallest absolute Gasteiger partial charge is 0.257 e. The van der Waals surface area contributed by atoms with Crippen molar-refractivity contribution in [1.82, 2.24) is 0 Å². The normalized spacial score (nSPS) is 15.6. The maximum absolute atomic E-state index is 13.2. The lowest BCUT2D eigenvalue weighted by Crippen LogP contribution is -2.32. The van der Waals surface area contributed by atoms with Crippen molar-refractivity contribution in [2.45, 2.75) is 36.8 Å². The Labute approximate surface area is 212 Å². The minimum atomic E-state index is -0.495. The highest BCUT2D eigenvalue weighted by molar-refractivity contribution is 8.00. The van der Waals surface area contributed by atoms with Gasteiger partial charge in [-0.15, -0.1) is 11.8 Å². The SMILES string of the molecule is CCc1cccc(C)c1N1C(=O)CC(Sc2ccc(NC(=O)c3ccc(Cl)cc3Cl)cc2)C1=O. The number of thioether (sulfide) groups is 1. The fourth-order valence-corrected chi connectivity index (χ4v) is 5.46. The van der Waals surface area contributed by atoms with Gasteiger partial charge in [0.15, 0.2) is 0 Å². The molecule has 1 saturated heterocycles. The number of para-hydroxylation sites is 1. The van der Waals surface area contributed by atoms with Gasteiger partial charge in [0.1, 0.15) is 0 Å². The molecule has 0 aliphatic carbocycles. The first-order chi connectivity index (χ1) is 16.3. The number of nitrogens with one attached hydrogen (secondary N) is 1. The number of amides is 3. The lowest BCUT2D eigenvalue weighted by molar-refractivity contribution is -0.121. The van der Waals surface area contributed by atoms with Gasteiger partial charge in [0.05, 0.1) is 21.5 Å². The molecule has 1 atom stereocenters. The first-order valence-corrected chi connectivity index (χ1v) is 12.4. The summed E-state index contributed by atoms with van der Waals surface area (Å²) in [6, 6.07) is 17.6. The summed E-state index contributed by atoms with van der Waals surface area (Å²) in [5, 5.41) is 3.03. The van der Waals surface area contributed by atoms with E-state index in [0.717, 1.165) is 22.4 Å². The molecule has 0 saturated carbocycles. The molecular formula is C26H22Cl2N2O3S. The zero-order valence-electron chi connectivity index (χ0n) is 18.6. The standard InChI is InChI=1S/C26H22Cl2N2O3S/c1-3-16-6-4-5-15(2)24(16)30-23(31)14-22(26(30)33)34-19-10-8-18(9-11-19)29-25(32)20-12-7-17(27)13-21(20)28/h4-13,22H,3,14H2,1-2H3,(H,29,32). The van der Waals surface area contributed by atoms with E-state index in [1.165, 1.54) is 22.7 Å². The number of hydrogen-bond acceptors (Lipinski definition) is 4. The summed E-state index contributed by atoms with van der Waals surface area (Å²) in [5.74, 6) is -0.733. The molecule has 3 aromatic carbocycles. The Bertz CT molecular complexity index is 1280. The van der Waals surface area contributed by atoms with Crippen molar-refractivity contribution in [3.05, 3.63) is 87.4 Å². The average molecular weight is 513 g/mol. The first-order valence-electron chi connectivity index (χ1n) is 10.8. The van der Waals surface area contributed by atoms with Crippen LogP contribution in [0.25, 0.3) is 0 Å². The van der Waals surface area contributed by atoms with Crippen LogP contribution in [0, 0.1) is 6.92 Å². The van der Waals surface area contributed by atoms with Crippen LogP contribution >= 0.6 is 35.0 Å². The molecule has 174 valence electrons. The van der Waals surface area contributed by atoms with Gasteiger partial charge in [0, 0.05) is 22.0 Å². The van der Waals surface area contributed by atoms with Crippen molar-refractivity contribution in [2.24, 2.45) is 0 Å². The highest BCUT2D eigenvalue weighted by Gasteiger charge is 2.41. The Kier molecular flexibility index (Phi) is 7.31. The van der Waals surface area contributed by atoms with E-state index in [9.17, 15) is 14.4 Å². The molecule has 0 bridgehead atoms. The summed E-state index contributed by atoms with van der Waals surface area (Å²) in [4.78, 5) is 40.6. The van der Waals surface area contributed by atoms with E-state index in [4.69, 9.17) is 23.2 Å². The van der Waals surface area contributed by atoms with Gasteiger partial charge in [0.2, 0.25) is 11.8 Å². The van der Waals surface area contributed by atoms with Gasteiger partial charge in [-0.25, -0.2) is 4.90 Å². The molecule has 1 heterocycles. The molecule has 4 rings (SSSR count). The Morgan fingerprint density at radius 2 is 1.82 bits per heavy atom. The van der Waals surface area contributed by atoms with Gasteiger partial charge in [-0.05, 0) is 66.9 Å². The van der Waals surface area contributed by atoms with Crippen LogP contribution in [-0.2, 0) is 16.0 Å². The number of hydrogen-bond donors (Lipinski definition) is 1. The van der Waals surface area contributed by atoms with Crippen LogP contribution in [0.3, 0.4) is 0 Å². The number of aryl methyl sites for hydroxylation is 2. The Morgan fingerprint density at radius 1 is 1.09 bits per heavy atom. The lowest BCUT2D eigenvalue weighted by atomic mass is 10.0. The monoisotopic (exact) mass is 512 g/mol. The van der Waals surface area contributed by atoms with E-state index in [2.05, 4.69) is 5.32 Å². The van der Waals surface area contributed by atoms with Gasteiger partial charge in [-0.1, -0.05) is 48.3 Å². The molecule has 1 aliphatic heterocycles. The van der Waals surface area contributed by atoms with Crippen LogP contribution in [0.4, 0.5) is 11.4 Å². The lowest BCUT2D eigenvalue weighted by Gasteiger charge is -2.20. The van der Waals surface area contributed by atoms with Crippen molar-refractivity contribution in [3.8, 4) is 0 Å². The molecule has 0 radical (unpaired) electrons. The van der Waals surface area contributed by atoms with E-state index in [-0.39, 0.29) is 29.2 Å². The quantitative estimate of drug-likeness (QED) is 0.380. The summed E-state index contributed by atoms with van der Waals surface area (Å²) in [7, 11) is 0. The van der Waals surface area contributed by atoms with Crippen molar-refractivity contribution in [3.63, 3.8) is 0 Å². The Hall–Kier alpha value is -2.80. The number of anilines is 2. The molecule has 1 unspecified atom stereocenters. The summed E-state index contributed by atoms with van der Waals surface area (Å²) in [6.45, 7) is 3.93. The van der Waals surface area contributed by atoms with Crippen molar-refractivity contribution in [1.29, 1.82) is 0 Å². The van der Waals surface area contributed by atoms with Gasteiger partial charge in [-0.2, -0.15) is 0 Å². The number of benzene rings is 3. The van der Waals surface area contributed by atoms with Crippen molar-refractivity contribution >= 4 is 64.1 Å². The predicted octanol–water partition coefficient (Wildman–Crippen LogP) is 6.54. The summed E-state index contributed by atoms with van der Waals surface area (Å²) >= 11 is 13.3. The number of nitrogens with zero attached hydrogens (tertiary/aromatic N) is 1. The fraction of sp³-hybridized carbons (Fsp3) is 0.192. The maximum atomic E-state index is 13.2. The number of imide groups is 1. The highest BCUT2D eigenvalue weighted by atomic mass is 35.5. The van der Waals surface area contributed by atoms with Gasteiger partial charge in [0.25, 0.3) is 5.91 Å². The fourth-order valence-electron chi connectivity index (χ4n) is 3.91. The van der Waals surface area contributed by atoms with Crippen molar-refractivity contribution < 1.29 is 14.4 Å². The van der Waals surface area contributed by atoms with Crippen LogP contribution < -0.4 is 10.2 Å². The summed E-state index contributed by atoms with van der Waals surface area (Å²) < 4.78 is 0. The van der Waals surface area contributed by atoms with Crippen molar-refractivity contribution in [2.75, 3.05) is 10.2 Å². The zero-order valence-corrected chi connectivity index (χ0v) is 20.9. The molecular weight excluding hydrogens is 491 g/mol. The van der Waals surface area contributed by atoms with E-state index < -0.39 is 5.25 Å². The molecule has 1 N–H and O–H groups in total. The molecule has 1 aliphatic rings. The van der Waals surface area contributed by atoms with Gasteiger partial charge >= 0.3 is 0 Å². The zero-order chi connectivity index (χ0) is 24.4. The molecule has 0 spiro atoms. The van der Waals surface area contributed by atoms with Crippen LogP contribution in [0.2, 0.25) is 10.0 Å². The van der Waals surface area contributed by atoms with Crippen LogP contribution in [-0.4, -0.2) is 23.0 Å². The summed E-state index contributed by atoms with van der Waals surface area (Å²) in [5.41, 5.74) is 3.51.